The molecule has 1 aromatic heterocycles. The van der Waals surface area contributed by atoms with Crippen molar-refractivity contribution in [3.63, 3.8) is 0 Å². The normalized spacial score (nSPS) is 18.1. The summed E-state index contributed by atoms with van der Waals surface area (Å²) in [4.78, 5) is 13.0. The second-order valence-corrected chi connectivity index (χ2v) is 14.5. The van der Waals surface area contributed by atoms with Crippen molar-refractivity contribution >= 4 is 19.8 Å². The first-order valence-electron chi connectivity index (χ1n) is 8.81. The number of fused-ring (bicyclic) bond motifs is 1. The van der Waals surface area contributed by atoms with Gasteiger partial charge in [-0.15, -0.1) is 0 Å². The average molecular weight is 369 g/mol. The summed E-state index contributed by atoms with van der Waals surface area (Å²) < 4.78 is 6.68. The van der Waals surface area contributed by atoms with Crippen molar-refractivity contribution in [2.24, 2.45) is 0 Å². The molecule has 1 amide bonds. The molecule has 2 heterocycles. The minimum atomic E-state index is -1.75. The number of rotatable bonds is 6. The van der Waals surface area contributed by atoms with E-state index in [0.29, 0.717) is 19.0 Å². The van der Waals surface area contributed by atoms with Gasteiger partial charge in [0.15, 0.2) is 0 Å². The standard InChI is InChI=1S/C17H32N4O3Si/c1-9-24-15(23)21-13(11-10-18-16(2,3)12(11)20-21)19-14(22)17(4,5)25(6,7)8/h15,18,23H,9-10H2,1-8H3,(H,19,22). The SMILES string of the molecule is CCOC(O)n1nc2c(c1NC(=O)C(C)(C)[Si](C)(C)C)CNC2(C)C. The summed E-state index contributed by atoms with van der Waals surface area (Å²) in [6.45, 7) is 17.3. The van der Waals surface area contributed by atoms with E-state index in [9.17, 15) is 9.90 Å². The first kappa shape index (κ1) is 20.1. The Morgan fingerprint density at radius 3 is 2.60 bits per heavy atom. The number of amides is 1. The molecule has 0 bridgehead atoms. The van der Waals surface area contributed by atoms with Gasteiger partial charge in [0.25, 0.3) is 6.41 Å². The summed E-state index contributed by atoms with van der Waals surface area (Å²) in [5, 5.41) is 20.8. The average Bonchev–Trinajstić information content (AvgIpc) is 2.97. The zero-order valence-electron chi connectivity index (χ0n) is 16.6. The number of nitrogens with zero attached hydrogens (tertiary/aromatic N) is 2. The van der Waals surface area contributed by atoms with Gasteiger partial charge in [0.2, 0.25) is 5.91 Å². The topological polar surface area (TPSA) is 88.4 Å². The summed E-state index contributed by atoms with van der Waals surface area (Å²) in [7, 11) is -1.75. The lowest BCUT2D eigenvalue weighted by molar-refractivity contribution is -0.155. The summed E-state index contributed by atoms with van der Waals surface area (Å²) >= 11 is 0. The summed E-state index contributed by atoms with van der Waals surface area (Å²) in [6, 6.07) is 0. The van der Waals surface area contributed by atoms with Crippen molar-refractivity contribution in [1.29, 1.82) is 0 Å². The van der Waals surface area contributed by atoms with Gasteiger partial charge in [0.05, 0.1) is 19.3 Å². The molecule has 0 aromatic carbocycles. The van der Waals surface area contributed by atoms with Crippen LogP contribution in [0.3, 0.4) is 0 Å². The van der Waals surface area contributed by atoms with Crippen molar-refractivity contribution in [2.45, 2.75) is 77.8 Å². The van der Waals surface area contributed by atoms with Crippen LogP contribution in [0.5, 0.6) is 0 Å². The second kappa shape index (κ2) is 6.50. The van der Waals surface area contributed by atoms with Crippen molar-refractivity contribution in [2.75, 3.05) is 11.9 Å². The quantitative estimate of drug-likeness (QED) is 0.531. The molecular formula is C17H32N4O3Si. The van der Waals surface area contributed by atoms with Crippen LogP contribution in [0.25, 0.3) is 0 Å². The van der Waals surface area contributed by atoms with E-state index in [0.717, 1.165) is 11.3 Å². The Bertz CT molecular complexity index is 662. The molecule has 0 fully saturated rings. The van der Waals surface area contributed by atoms with E-state index < -0.39 is 19.5 Å². The van der Waals surface area contributed by atoms with Crippen LogP contribution >= 0.6 is 0 Å². The highest BCUT2D eigenvalue weighted by atomic mass is 28.3. The van der Waals surface area contributed by atoms with Gasteiger partial charge in [0.1, 0.15) is 5.82 Å². The van der Waals surface area contributed by atoms with Gasteiger partial charge in [-0.05, 0) is 20.8 Å². The van der Waals surface area contributed by atoms with E-state index in [2.05, 4.69) is 35.4 Å². The number of carbonyl (C=O) groups is 1. The molecule has 0 saturated carbocycles. The second-order valence-electron chi connectivity index (χ2n) is 8.71. The van der Waals surface area contributed by atoms with Crippen LogP contribution in [0.1, 0.15) is 52.3 Å². The van der Waals surface area contributed by atoms with Crippen molar-refractivity contribution in [1.82, 2.24) is 15.1 Å². The Kier molecular flexibility index (Phi) is 5.22. The molecule has 7 nitrogen and oxygen atoms in total. The summed E-state index contributed by atoms with van der Waals surface area (Å²) in [5.41, 5.74) is 1.41. The maximum Gasteiger partial charge on any atom is 0.259 e. The van der Waals surface area contributed by atoms with Gasteiger partial charge >= 0.3 is 0 Å². The largest absolute Gasteiger partial charge is 0.350 e. The third kappa shape index (κ3) is 3.53. The smallest absolute Gasteiger partial charge is 0.259 e. The Morgan fingerprint density at radius 1 is 1.48 bits per heavy atom. The summed E-state index contributed by atoms with van der Waals surface area (Å²) in [5.74, 6) is 0.467. The van der Waals surface area contributed by atoms with Crippen LogP contribution in [-0.2, 0) is 21.6 Å². The van der Waals surface area contributed by atoms with E-state index in [1.165, 1.54) is 4.68 Å². The lowest BCUT2D eigenvalue weighted by atomic mass is 10.0. The number of aliphatic hydroxyl groups excluding tert-OH is 1. The monoisotopic (exact) mass is 368 g/mol. The highest BCUT2D eigenvalue weighted by Gasteiger charge is 2.43. The van der Waals surface area contributed by atoms with Crippen molar-refractivity contribution in [3.05, 3.63) is 11.3 Å². The number of nitrogens with one attached hydrogen (secondary N) is 2. The predicted molar refractivity (Wildman–Crippen MR) is 101 cm³/mol. The van der Waals surface area contributed by atoms with Crippen LogP contribution in [-0.4, -0.2) is 35.5 Å². The van der Waals surface area contributed by atoms with E-state index in [1.54, 1.807) is 6.92 Å². The predicted octanol–water partition coefficient (Wildman–Crippen LogP) is 2.76. The molecule has 8 heteroatoms. The van der Waals surface area contributed by atoms with Crippen LogP contribution in [0.15, 0.2) is 0 Å². The molecule has 0 spiro atoms. The van der Waals surface area contributed by atoms with Gasteiger partial charge in [-0.3, -0.25) is 4.79 Å². The molecule has 1 aliphatic rings. The Labute approximate surface area is 151 Å². The van der Waals surface area contributed by atoms with Crippen LogP contribution in [0.4, 0.5) is 5.82 Å². The molecule has 0 radical (unpaired) electrons. The van der Waals surface area contributed by atoms with E-state index in [1.807, 2.05) is 27.7 Å². The molecule has 0 aliphatic carbocycles. The van der Waals surface area contributed by atoms with Crippen LogP contribution in [0.2, 0.25) is 24.7 Å². The van der Waals surface area contributed by atoms with Gasteiger partial charge in [-0.25, -0.2) is 0 Å². The minimum absolute atomic E-state index is 0.0518. The molecular weight excluding hydrogens is 336 g/mol. The number of hydrogen-bond acceptors (Lipinski definition) is 5. The van der Waals surface area contributed by atoms with E-state index >= 15 is 0 Å². The molecule has 142 valence electrons. The molecule has 1 unspecified atom stereocenters. The van der Waals surface area contributed by atoms with E-state index in [-0.39, 0.29) is 11.4 Å². The maximum absolute atomic E-state index is 13.0. The van der Waals surface area contributed by atoms with Gasteiger partial charge in [-0.2, -0.15) is 9.78 Å². The maximum atomic E-state index is 13.0. The molecule has 3 N–H and O–H groups in total. The number of anilines is 1. The van der Waals surface area contributed by atoms with Crippen molar-refractivity contribution in [3.8, 4) is 0 Å². The van der Waals surface area contributed by atoms with Crippen LogP contribution < -0.4 is 10.6 Å². The van der Waals surface area contributed by atoms with Gasteiger partial charge in [0, 0.05) is 23.8 Å². The lowest BCUT2D eigenvalue weighted by Gasteiger charge is -2.35. The highest BCUT2D eigenvalue weighted by Crippen LogP contribution is 2.40. The highest BCUT2D eigenvalue weighted by molar-refractivity contribution is 6.82. The first-order valence-corrected chi connectivity index (χ1v) is 12.3. The van der Waals surface area contributed by atoms with Gasteiger partial charge in [-0.1, -0.05) is 33.5 Å². The Balaban J connectivity index is 2.45. The molecule has 0 saturated heterocycles. The zero-order valence-corrected chi connectivity index (χ0v) is 17.6. The fourth-order valence-corrected chi connectivity index (χ4v) is 3.39. The number of aromatic nitrogens is 2. The molecule has 25 heavy (non-hydrogen) atoms. The molecule has 1 aliphatic heterocycles. The van der Waals surface area contributed by atoms with Gasteiger partial charge < -0.3 is 20.5 Å². The molecule has 1 atom stereocenters. The number of aliphatic hydroxyl groups is 1. The summed E-state index contributed by atoms with van der Waals surface area (Å²) in [6.07, 6.45) is -1.23. The number of ether oxygens (including phenoxy) is 1. The Morgan fingerprint density at radius 2 is 2.08 bits per heavy atom. The third-order valence-electron chi connectivity index (χ3n) is 5.51. The molecule has 2 rings (SSSR count). The van der Waals surface area contributed by atoms with Crippen molar-refractivity contribution < 1.29 is 14.6 Å². The minimum Gasteiger partial charge on any atom is -0.350 e. The zero-order chi connectivity index (χ0) is 19.2. The fraction of sp³-hybridized carbons (Fsp3) is 0.765. The Hall–Kier alpha value is -1.22. The number of carbonyl (C=O) groups excluding carboxylic acids is 1. The third-order valence-corrected chi connectivity index (χ3v) is 9.48. The fourth-order valence-electron chi connectivity index (χ4n) is 2.65. The first-order chi connectivity index (χ1) is 11.3. The number of hydrogen-bond donors (Lipinski definition) is 3. The lowest BCUT2D eigenvalue weighted by Crippen LogP contribution is -2.44. The van der Waals surface area contributed by atoms with Crippen LogP contribution in [0, 0.1) is 0 Å². The molecule has 1 aromatic rings. The van der Waals surface area contributed by atoms with E-state index in [4.69, 9.17) is 4.74 Å².